The van der Waals surface area contributed by atoms with Crippen molar-refractivity contribution in [3.63, 3.8) is 0 Å². The minimum Gasteiger partial charge on any atom is -0.493 e. The fraction of sp³-hybridized carbons (Fsp3) is 0.0938. The second kappa shape index (κ2) is 13.9. The average molecular weight is 764 g/mol. The van der Waals surface area contributed by atoms with Crippen molar-refractivity contribution in [2.45, 2.75) is 13.2 Å². The number of hydrogen-bond acceptors (Lipinski definition) is 6. The predicted octanol–water partition coefficient (Wildman–Crippen LogP) is 8.08. The third-order valence-corrected chi connectivity index (χ3v) is 8.06. The summed E-state index contributed by atoms with van der Waals surface area (Å²) in [5, 5.41) is 3.82. The summed E-state index contributed by atoms with van der Waals surface area (Å²) in [6.45, 7) is 0.441. The van der Waals surface area contributed by atoms with Gasteiger partial charge in [0.25, 0.3) is 11.8 Å². The van der Waals surface area contributed by atoms with Crippen LogP contribution in [0.2, 0.25) is 15.1 Å². The number of carbonyl (C=O) groups is 3. The van der Waals surface area contributed by atoms with Gasteiger partial charge in [0.15, 0.2) is 11.5 Å². The van der Waals surface area contributed by atoms with E-state index in [1.807, 2.05) is 12.1 Å². The molecular formula is C32H22Cl3IN2O6. The molecule has 4 amide bonds. The maximum Gasteiger partial charge on any atom is 0.335 e. The Hall–Kier alpha value is -3.77. The first-order valence-electron chi connectivity index (χ1n) is 13.0. The average Bonchev–Trinajstić information content (AvgIpc) is 2.98. The van der Waals surface area contributed by atoms with E-state index in [0.29, 0.717) is 41.5 Å². The van der Waals surface area contributed by atoms with E-state index in [1.54, 1.807) is 66.7 Å². The highest BCUT2D eigenvalue weighted by atomic mass is 127. The van der Waals surface area contributed by atoms with Gasteiger partial charge >= 0.3 is 6.03 Å². The van der Waals surface area contributed by atoms with Gasteiger partial charge < -0.3 is 14.2 Å². The highest BCUT2D eigenvalue weighted by Gasteiger charge is 2.37. The minimum atomic E-state index is -0.865. The van der Waals surface area contributed by atoms with Gasteiger partial charge in [0.05, 0.1) is 16.4 Å². The highest BCUT2D eigenvalue weighted by Crippen LogP contribution is 2.36. The van der Waals surface area contributed by atoms with Gasteiger partial charge in [0, 0.05) is 20.6 Å². The topological polar surface area (TPSA) is 94.2 Å². The fourth-order valence-electron chi connectivity index (χ4n) is 4.30. The number of nitrogens with zero attached hydrogens (tertiary/aromatic N) is 1. The van der Waals surface area contributed by atoms with E-state index in [9.17, 15) is 14.4 Å². The van der Waals surface area contributed by atoms with Crippen molar-refractivity contribution in [1.82, 2.24) is 5.32 Å². The Labute approximate surface area is 281 Å². The smallest absolute Gasteiger partial charge is 0.335 e. The summed E-state index contributed by atoms with van der Waals surface area (Å²) in [7, 11) is 1.49. The lowest BCUT2D eigenvalue weighted by Crippen LogP contribution is -2.54. The molecule has 1 heterocycles. The van der Waals surface area contributed by atoms with E-state index < -0.39 is 17.8 Å². The van der Waals surface area contributed by atoms with Crippen LogP contribution in [-0.4, -0.2) is 25.0 Å². The van der Waals surface area contributed by atoms with E-state index in [1.165, 1.54) is 13.2 Å². The van der Waals surface area contributed by atoms with Gasteiger partial charge in [-0.1, -0.05) is 53.0 Å². The van der Waals surface area contributed by atoms with Crippen LogP contribution < -0.4 is 24.4 Å². The molecule has 1 aliphatic rings. The number of imide groups is 2. The second-order valence-electron chi connectivity index (χ2n) is 9.43. The first-order chi connectivity index (χ1) is 21.1. The van der Waals surface area contributed by atoms with Crippen molar-refractivity contribution < 1.29 is 28.6 Å². The molecule has 0 bridgehead atoms. The van der Waals surface area contributed by atoms with Gasteiger partial charge in [-0.05, 0) is 100 Å². The number of anilines is 1. The lowest BCUT2D eigenvalue weighted by Gasteiger charge is -2.26. The Bertz CT molecular complexity index is 1800. The van der Waals surface area contributed by atoms with Crippen LogP contribution in [0, 0.1) is 3.57 Å². The van der Waals surface area contributed by atoms with Crippen LogP contribution in [0.15, 0.2) is 84.4 Å². The molecule has 0 spiro atoms. The van der Waals surface area contributed by atoms with Crippen LogP contribution in [0.3, 0.4) is 0 Å². The number of hydrogen-bond donors (Lipinski definition) is 1. The Balaban J connectivity index is 1.34. The Morgan fingerprint density at radius 3 is 2.32 bits per heavy atom. The molecule has 4 aromatic rings. The first kappa shape index (κ1) is 31.6. The van der Waals surface area contributed by atoms with Crippen LogP contribution in [0.25, 0.3) is 6.08 Å². The molecule has 1 N–H and O–H groups in total. The highest BCUT2D eigenvalue weighted by molar-refractivity contribution is 14.1. The summed E-state index contributed by atoms with van der Waals surface area (Å²) in [4.78, 5) is 39.8. The molecule has 0 unspecified atom stereocenters. The summed E-state index contributed by atoms with van der Waals surface area (Å²) >= 11 is 20.3. The van der Waals surface area contributed by atoms with Crippen molar-refractivity contribution in [3.8, 4) is 17.2 Å². The summed E-state index contributed by atoms with van der Waals surface area (Å²) in [5.74, 6) is -0.220. The van der Waals surface area contributed by atoms with Gasteiger partial charge in [-0.25, -0.2) is 9.69 Å². The van der Waals surface area contributed by atoms with Gasteiger partial charge in [-0.2, -0.15) is 0 Å². The second-order valence-corrected chi connectivity index (χ2v) is 11.9. The summed E-state index contributed by atoms with van der Waals surface area (Å²) < 4.78 is 18.0. The van der Waals surface area contributed by atoms with Gasteiger partial charge in [0.1, 0.15) is 24.5 Å². The molecule has 0 aromatic heterocycles. The summed E-state index contributed by atoms with van der Waals surface area (Å²) in [5.41, 5.74) is 2.14. The number of benzene rings is 4. The molecule has 1 aliphatic heterocycles. The Morgan fingerprint density at radius 2 is 1.61 bits per heavy atom. The molecule has 12 heteroatoms. The third-order valence-electron chi connectivity index (χ3n) is 6.44. The molecule has 4 aromatic carbocycles. The van der Waals surface area contributed by atoms with Crippen molar-refractivity contribution in [2.24, 2.45) is 0 Å². The lowest BCUT2D eigenvalue weighted by atomic mass is 10.1. The number of methoxy groups -OCH3 is 1. The molecule has 5 rings (SSSR count). The number of nitrogens with one attached hydrogen (secondary N) is 1. The Morgan fingerprint density at radius 1 is 0.864 bits per heavy atom. The van der Waals surface area contributed by atoms with E-state index in [-0.39, 0.29) is 24.5 Å². The zero-order valence-corrected chi connectivity index (χ0v) is 27.3. The molecule has 44 heavy (non-hydrogen) atoms. The number of carbonyl (C=O) groups excluding carboxylic acids is 3. The zero-order chi connectivity index (χ0) is 31.4. The Kier molecular flexibility index (Phi) is 10.00. The van der Waals surface area contributed by atoms with Crippen molar-refractivity contribution in [2.75, 3.05) is 12.0 Å². The number of amides is 4. The van der Waals surface area contributed by atoms with Crippen molar-refractivity contribution >= 4 is 87.0 Å². The van der Waals surface area contributed by atoms with E-state index in [2.05, 4.69) is 27.9 Å². The van der Waals surface area contributed by atoms with Gasteiger partial charge in [-0.3, -0.25) is 14.9 Å². The predicted molar refractivity (Wildman–Crippen MR) is 178 cm³/mol. The summed E-state index contributed by atoms with van der Waals surface area (Å²) in [6, 6.07) is 21.2. The summed E-state index contributed by atoms with van der Waals surface area (Å²) in [6.07, 6.45) is 1.40. The monoisotopic (exact) mass is 762 g/mol. The zero-order valence-electron chi connectivity index (χ0n) is 22.9. The molecule has 224 valence electrons. The molecule has 0 atom stereocenters. The van der Waals surface area contributed by atoms with Crippen LogP contribution in [0.4, 0.5) is 10.5 Å². The van der Waals surface area contributed by atoms with Crippen LogP contribution in [0.1, 0.15) is 16.7 Å². The molecule has 8 nitrogen and oxygen atoms in total. The molecule has 0 radical (unpaired) electrons. The standard InChI is InChI=1S/C32H22Cl3IN2O6/c1-42-28-14-19(13-27(36)29(28)44-16-18-3-2-4-21(33)11-18)12-25-30(39)37-32(41)38(31(25)40)23-7-9-24(10-8-23)43-17-20-5-6-22(34)15-26(20)35/h2-15H,16-17H2,1H3,(H,37,39,41)/b25-12+. The molecule has 0 saturated carbocycles. The molecule has 1 saturated heterocycles. The lowest BCUT2D eigenvalue weighted by molar-refractivity contribution is -0.122. The number of barbiturate groups is 1. The van der Waals surface area contributed by atoms with Gasteiger partial charge in [-0.15, -0.1) is 0 Å². The quantitative estimate of drug-likeness (QED) is 0.105. The maximum atomic E-state index is 13.5. The largest absolute Gasteiger partial charge is 0.493 e. The number of rotatable bonds is 9. The SMILES string of the molecule is COc1cc(/C=C2\C(=O)NC(=O)N(c3ccc(OCc4ccc(Cl)cc4Cl)cc3)C2=O)cc(I)c1OCc1cccc(Cl)c1. The van der Waals surface area contributed by atoms with Gasteiger partial charge in [0.2, 0.25) is 0 Å². The number of ether oxygens (including phenoxy) is 3. The van der Waals surface area contributed by atoms with Crippen LogP contribution in [-0.2, 0) is 22.8 Å². The normalized spacial score (nSPS) is 14.1. The number of halogens is 4. The van der Waals surface area contributed by atoms with Crippen molar-refractivity contribution in [1.29, 1.82) is 0 Å². The number of urea groups is 1. The van der Waals surface area contributed by atoms with E-state index in [0.717, 1.165) is 16.0 Å². The third kappa shape index (κ3) is 7.29. The minimum absolute atomic E-state index is 0.187. The molecule has 1 fully saturated rings. The van der Waals surface area contributed by atoms with Crippen molar-refractivity contribution in [3.05, 3.63) is 120 Å². The molecular weight excluding hydrogens is 742 g/mol. The first-order valence-corrected chi connectivity index (χ1v) is 15.2. The van der Waals surface area contributed by atoms with Crippen LogP contribution >= 0.6 is 57.4 Å². The maximum absolute atomic E-state index is 13.5. The molecule has 0 aliphatic carbocycles. The van der Waals surface area contributed by atoms with E-state index in [4.69, 9.17) is 49.0 Å². The van der Waals surface area contributed by atoms with E-state index >= 15 is 0 Å². The van der Waals surface area contributed by atoms with Crippen LogP contribution in [0.5, 0.6) is 17.2 Å². The fourth-order valence-corrected chi connectivity index (χ4v) is 5.75.